The van der Waals surface area contributed by atoms with E-state index in [-0.39, 0.29) is 5.91 Å². The molecule has 1 N–H and O–H groups in total. The molecule has 0 spiro atoms. The van der Waals surface area contributed by atoms with Crippen molar-refractivity contribution in [2.24, 2.45) is 0 Å². The second-order valence-electron chi connectivity index (χ2n) is 4.53. The zero-order valence-corrected chi connectivity index (χ0v) is 13.4. The molecular formula is C16H13N3OS2. The number of amides is 1. The highest BCUT2D eigenvalue weighted by molar-refractivity contribution is 7.13. The fraction of sp³-hybridized carbons (Fsp3) is 0.0625. The highest BCUT2D eigenvalue weighted by atomic mass is 32.1. The second-order valence-corrected chi connectivity index (χ2v) is 6.49. The third-order valence-electron chi connectivity index (χ3n) is 2.87. The number of hydrogen-bond donors (Lipinski definition) is 1. The molecule has 0 unspecified atom stereocenters. The summed E-state index contributed by atoms with van der Waals surface area (Å²) in [5.74, 6) is -0.173. The number of carbonyl (C=O) groups is 1. The number of thiazole rings is 2. The molecule has 0 fully saturated rings. The molecule has 0 radical (unpaired) electrons. The molecule has 1 aromatic carbocycles. The van der Waals surface area contributed by atoms with Gasteiger partial charge in [-0.1, -0.05) is 0 Å². The van der Waals surface area contributed by atoms with E-state index in [2.05, 4.69) is 15.3 Å². The van der Waals surface area contributed by atoms with Crippen LogP contribution in [0.2, 0.25) is 0 Å². The quantitative estimate of drug-likeness (QED) is 0.730. The van der Waals surface area contributed by atoms with Crippen molar-refractivity contribution in [3.63, 3.8) is 0 Å². The zero-order chi connectivity index (χ0) is 15.4. The number of carbonyl (C=O) groups excluding carboxylic acids is 1. The van der Waals surface area contributed by atoms with Crippen molar-refractivity contribution in [2.75, 3.05) is 5.32 Å². The summed E-state index contributed by atoms with van der Waals surface area (Å²) in [6.45, 7) is 1.94. The van der Waals surface area contributed by atoms with Crippen LogP contribution in [0.25, 0.3) is 16.6 Å². The maximum Gasteiger partial charge on any atom is 0.248 e. The number of nitrogens with zero attached hydrogens (tertiary/aromatic N) is 2. The highest BCUT2D eigenvalue weighted by Crippen LogP contribution is 2.23. The fourth-order valence-corrected chi connectivity index (χ4v) is 3.09. The first kappa shape index (κ1) is 14.6. The summed E-state index contributed by atoms with van der Waals surface area (Å²) in [5.41, 5.74) is 2.60. The molecule has 0 saturated heterocycles. The Morgan fingerprint density at radius 2 is 2.05 bits per heavy atom. The van der Waals surface area contributed by atoms with Gasteiger partial charge in [0.05, 0.1) is 10.7 Å². The molecule has 1 amide bonds. The van der Waals surface area contributed by atoms with Gasteiger partial charge in [0.1, 0.15) is 5.01 Å². The lowest BCUT2D eigenvalue weighted by atomic mass is 10.2. The first-order chi connectivity index (χ1) is 10.7. The molecule has 6 heteroatoms. The van der Waals surface area contributed by atoms with Crippen LogP contribution in [0.15, 0.2) is 47.3 Å². The second kappa shape index (κ2) is 6.64. The number of hydrogen-bond acceptors (Lipinski definition) is 5. The van der Waals surface area contributed by atoms with Gasteiger partial charge in [0, 0.05) is 34.3 Å². The fourth-order valence-electron chi connectivity index (χ4n) is 1.86. The minimum Gasteiger partial charge on any atom is -0.323 e. The molecule has 110 valence electrons. The molecule has 0 aliphatic heterocycles. The SMILES string of the molecule is Cc1nc(/C=C/C(=O)Nc2ccc(-c3nccs3)cc2)cs1. The van der Waals surface area contributed by atoms with Crippen LogP contribution < -0.4 is 5.32 Å². The van der Waals surface area contributed by atoms with E-state index in [9.17, 15) is 4.79 Å². The number of anilines is 1. The van der Waals surface area contributed by atoms with Crippen molar-refractivity contribution in [1.82, 2.24) is 9.97 Å². The maximum atomic E-state index is 11.9. The van der Waals surface area contributed by atoms with Crippen molar-refractivity contribution >= 4 is 40.3 Å². The first-order valence-corrected chi connectivity index (χ1v) is 8.38. The van der Waals surface area contributed by atoms with E-state index in [1.54, 1.807) is 34.9 Å². The predicted molar refractivity (Wildman–Crippen MR) is 92.1 cm³/mol. The molecule has 3 rings (SSSR count). The number of rotatable bonds is 4. The summed E-state index contributed by atoms with van der Waals surface area (Å²) in [4.78, 5) is 20.4. The third kappa shape index (κ3) is 3.66. The molecule has 2 aromatic heterocycles. The van der Waals surface area contributed by atoms with Gasteiger partial charge in [-0.3, -0.25) is 4.79 Å². The van der Waals surface area contributed by atoms with Gasteiger partial charge in [-0.15, -0.1) is 22.7 Å². The van der Waals surface area contributed by atoms with E-state index >= 15 is 0 Å². The first-order valence-electron chi connectivity index (χ1n) is 6.62. The van der Waals surface area contributed by atoms with E-state index in [1.165, 1.54) is 6.08 Å². The van der Waals surface area contributed by atoms with E-state index < -0.39 is 0 Å². The van der Waals surface area contributed by atoms with E-state index in [4.69, 9.17) is 0 Å². The van der Waals surface area contributed by atoms with Crippen LogP contribution in [0, 0.1) is 6.92 Å². The van der Waals surface area contributed by atoms with Crippen molar-refractivity contribution in [1.29, 1.82) is 0 Å². The largest absolute Gasteiger partial charge is 0.323 e. The summed E-state index contributed by atoms with van der Waals surface area (Å²) in [6.07, 6.45) is 4.98. The molecule has 0 atom stereocenters. The van der Waals surface area contributed by atoms with Crippen LogP contribution in [-0.4, -0.2) is 15.9 Å². The third-order valence-corrected chi connectivity index (χ3v) is 4.49. The van der Waals surface area contributed by atoms with Gasteiger partial charge in [0.15, 0.2) is 0 Å². The van der Waals surface area contributed by atoms with Crippen molar-refractivity contribution in [2.45, 2.75) is 6.92 Å². The van der Waals surface area contributed by atoms with Crippen LogP contribution in [0.1, 0.15) is 10.7 Å². The highest BCUT2D eigenvalue weighted by Gasteiger charge is 2.02. The Bertz CT molecular complexity index is 789. The Morgan fingerprint density at radius 3 is 2.68 bits per heavy atom. The van der Waals surface area contributed by atoms with Crippen LogP contribution in [0.4, 0.5) is 5.69 Å². The summed E-state index contributed by atoms with van der Waals surface area (Å²) in [7, 11) is 0. The molecule has 0 saturated carbocycles. The number of nitrogens with one attached hydrogen (secondary N) is 1. The average molecular weight is 327 g/mol. The Kier molecular flexibility index (Phi) is 4.41. The summed E-state index contributed by atoms with van der Waals surface area (Å²) < 4.78 is 0. The molecule has 2 heterocycles. The van der Waals surface area contributed by atoms with Gasteiger partial charge in [0.25, 0.3) is 0 Å². The zero-order valence-electron chi connectivity index (χ0n) is 11.8. The molecule has 0 aliphatic carbocycles. The normalized spacial score (nSPS) is 11.0. The van der Waals surface area contributed by atoms with Crippen molar-refractivity contribution in [3.8, 4) is 10.6 Å². The van der Waals surface area contributed by atoms with Crippen molar-refractivity contribution < 1.29 is 4.79 Å². The van der Waals surface area contributed by atoms with Crippen LogP contribution in [-0.2, 0) is 4.79 Å². The lowest BCUT2D eigenvalue weighted by Crippen LogP contribution is -2.07. The Balaban J connectivity index is 1.63. The molecule has 0 bridgehead atoms. The predicted octanol–water partition coefficient (Wildman–Crippen LogP) is 4.23. The van der Waals surface area contributed by atoms with Gasteiger partial charge in [-0.25, -0.2) is 9.97 Å². The topological polar surface area (TPSA) is 54.9 Å². The molecule has 22 heavy (non-hydrogen) atoms. The van der Waals surface area contributed by atoms with Crippen LogP contribution >= 0.6 is 22.7 Å². The van der Waals surface area contributed by atoms with E-state index in [1.807, 2.05) is 41.9 Å². The Hall–Kier alpha value is -2.31. The molecule has 4 nitrogen and oxygen atoms in total. The smallest absolute Gasteiger partial charge is 0.248 e. The monoisotopic (exact) mass is 327 g/mol. The number of aromatic nitrogens is 2. The Morgan fingerprint density at radius 1 is 1.23 bits per heavy atom. The van der Waals surface area contributed by atoms with Gasteiger partial charge in [0.2, 0.25) is 5.91 Å². The standard InChI is InChI=1S/C16H13N3OS2/c1-11-18-14(10-22-11)6-7-15(20)19-13-4-2-12(3-5-13)16-17-8-9-21-16/h2-10H,1H3,(H,19,20)/b7-6+. The van der Waals surface area contributed by atoms with Crippen LogP contribution in [0.3, 0.4) is 0 Å². The summed E-state index contributed by atoms with van der Waals surface area (Å²) in [6, 6.07) is 7.63. The van der Waals surface area contributed by atoms with Crippen molar-refractivity contribution in [3.05, 3.63) is 58.0 Å². The maximum absolute atomic E-state index is 11.9. The van der Waals surface area contributed by atoms with Gasteiger partial charge in [-0.05, 0) is 37.3 Å². The summed E-state index contributed by atoms with van der Waals surface area (Å²) >= 11 is 3.15. The van der Waals surface area contributed by atoms with Gasteiger partial charge < -0.3 is 5.32 Å². The number of benzene rings is 1. The number of aryl methyl sites for hydroxylation is 1. The lowest BCUT2D eigenvalue weighted by molar-refractivity contribution is -0.111. The average Bonchev–Trinajstić information content (AvgIpc) is 3.17. The minimum atomic E-state index is -0.173. The molecule has 3 aromatic rings. The summed E-state index contributed by atoms with van der Waals surface area (Å²) in [5, 5.41) is 8.64. The van der Waals surface area contributed by atoms with Gasteiger partial charge in [-0.2, -0.15) is 0 Å². The molecular weight excluding hydrogens is 314 g/mol. The van der Waals surface area contributed by atoms with Crippen LogP contribution in [0.5, 0.6) is 0 Å². The lowest BCUT2D eigenvalue weighted by Gasteiger charge is -2.03. The van der Waals surface area contributed by atoms with E-state index in [0.717, 1.165) is 27.0 Å². The van der Waals surface area contributed by atoms with Gasteiger partial charge >= 0.3 is 0 Å². The van der Waals surface area contributed by atoms with E-state index in [0.29, 0.717) is 0 Å². The minimum absolute atomic E-state index is 0.173. The Labute approximate surface area is 136 Å². The molecule has 0 aliphatic rings.